The lowest BCUT2D eigenvalue weighted by Crippen LogP contribution is -2.15. The fraction of sp³-hybridized carbons (Fsp3) is 0.0588. The maximum atomic E-state index is 12.7. The van der Waals surface area contributed by atoms with Gasteiger partial charge in [-0.2, -0.15) is 19.0 Å². The summed E-state index contributed by atoms with van der Waals surface area (Å²) in [5.41, 5.74) is 1.09. The van der Waals surface area contributed by atoms with Crippen molar-refractivity contribution < 1.29 is 18.3 Å². The molecule has 12 heteroatoms. The minimum atomic E-state index is -3.04. The average molecular weight is 439 g/mol. The van der Waals surface area contributed by atoms with E-state index in [-0.39, 0.29) is 38.6 Å². The van der Waals surface area contributed by atoms with Crippen LogP contribution in [0.3, 0.4) is 0 Å². The molecule has 0 atom stereocenters. The molecule has 3 heterocycles. The highest BCUT2D eigenvalue weighted by Gasteiger charge is 2.20. The highest BCUT2D eigenvalue weighted by molar-refractivity contribution is 6.31. The summed E-state index contributed by atoms with van der Waals surface area (Å²) in [5, 5.41) is 13.7. The number of halogens is 4. The van der Waals surface area contributed by atoms with Crippen LogP contribution in [0.5, 0.6) is 5.75 Å². The molecule has 2 N–H and O–H groups in total. The van der Waals surface area contributed by atoms with Crippen molar-refractivity contribution in [2.45, 2.75) is 6.61 Å². The first-order valence-corrected chi connectivity index (χ1v) is 8.78. The Morgan fingerprint density at radius 2 is 2.07 bits per heavy atom. The molecule has 4 aromatic rings. The Bertz CT molecular complexity index is 1210. The van der Waals surface area contributed by atoms with E-state index in [1.807, 2.05) is 0 Å². The number of carbonyl (C=O) groups excluding carboxylic acids is 1. The van der Waals surface area contributed by atoms with Crippen molar-refractivity contribution in [3.05, 3.63) is 58.6 Å². The van der Waals surface area contributed by atoms with Gasteiger partial charge in [-0.15, -0.1) is 0 Å². The number of hydrogen-bond donors (Lipinski definition) is 2. The molecule has 0 spiro atoms. The van der Waals surface area contributed by atoms with E-state index in [1.54, 1.807) is 12.1 Å². The number of benzene rings is 1. The smallest absolute Gasteiger partial charge is 0.387 e. The van der Waals surface area contributed by atoms with Crippen molar-refractivity contribution in [3.8, 4) is 17.0 Å². The van der Waals surface area contributed by atoms with E-state index in [0.29, 0.717) is 5.65 Å². The fourth-order valence-electron chi connectivity index (χ4n) is 2.67. The number of nitrogens with zero attached hydrogens (tertiary/aromatic N) is 4. The van der Waals surface area contributed by atoms with Gasteiger partial charge in [0.25, 0.3) is 5.91 Å². The van der Waals surface area contributed by atoms with Gasteiger partial charge in [0.2, 0.25) is 0 Å². The highest BCUT2D eigenvalue weighted by Crippen LogP contribution is 2.36. The molecule has 0 aliphatic rings. The van der Waals surface area contributed by atoms with Crippen LogP contribution in [-0.2, 0) is 0 Å². The molecular formula is C17H10Cl2F2N6O2. The number of H-pyrrole nitrogens is 1. The van der Waals surface area contributed by atoms with Crippen LogP contribution in [0.4, 0.5) is 14.5 Å². The van der Waals surface area contributed by atoms with Gasteiger partial charge in [-0.3, -0.25) is 9.89 Å². The summed E-state index contributed by atoms with van der Waals surface area (Å²) in [7, 11) is 0. The molecule has 3 aromatic heterocycles. The molecule has 0 bridgehead atoms. The monoisotopic (exact) mass is 438 g/mol. The van der Waals surface area contributed by atoms with Crippen LogP contribution < -0.4 is 10.1 Å². The number of imidazole rings is 1. The number of alkyl halides is 2. The number of rotatable bonds is 5. The maximum absolute atomic E-state index is 12.7. The topological polar surface area (TPSA) is 97.2 Å². The van der Waals surface area contributed by atoms with E-state index in [9.17, 15) is 13.6 Å². The molecular weight excluding hydrogens is 429 g/mol. The Labute approximate surface area is 171 Å². The number of aromatic amines is 1. The summed E-state index contributed by atoms with van der Waals surface area (Å²) < 4.78 is 31.3. The third-order valence-electron chi connectivity index (χ3n) is 3.86. The van der Waals surface area contributed by atoms with Gasteiger partial charge in [-0.1, -0.05) is 23.2 Å². The summed E-state index contributed by atoms with van der Waals surface area (Å²) in [4.78, 5) is 16.8. The van der Waals surface area contributed by atoms with E-state index >= 15 is 0 Å². The quantitative estimate of drug-likeness (QED) is 0.484. The van der Waals surface area contributed by atoms with Gasteiger partial charge in [-0.05, 0) is 30.3 Å². The van der Waals surface area contributed by atoms with Crippen LogP contribution in [-0.4, -0.2) is 37.3 Å². The maximum Gasteiger partial charge on any atom is 0.387 e. The molecule has 29 heavy (non-hydrogen) atoms. The first-order chi connectivity index (χ1) is 13.9. The van der Waals surface area contributed by atoms with E-state index < -0.39 is 12.5 Å². The molecule has 0 fully saturated rings. The van der Waals surface area contributed by atoms with Crippen molar-refractivity contribution in [3.63, 3.8) is 0 Å². The molecule has 0 saturated heterocycles. The first-order valence-electron chi connectivity index (χ1n) is 8.02. The Kier molecular flexibility index (Phi) is 5.03. The second-order valence-electron chi connectivity index (χ2n) is 5.69. The SMILES string of the molecule is O=C(Nc1c[nH]nc1-c1cc(Cl)ccc1OC(F)F)c1cnc2ccc(Cl)nn12. The van der Waals surface area contributed by atoms with Crippen LogP contribution in [0.15, 0.2) is 42.7 Å². The number of nitrogens with one attached hydrogen (secondary N) is 2. The lowest BCUT2D eigenvalue weighted by molar-refractivity contribution is -0.0494. The number of fused-ring (bicyclic) bond motifs is 1. The van der Waals surface area contributed by atoms with Crippen molar-refractivity contribution >= 4 is 40.4 Å². The van der Waals surface area contributed by atoms with Gasteiger partial charge < -0.3 is 10.1 Å². The normalized spacial score (nSPS) is 11.2. The Hall–Kier alpha value is -3.24. The van der Waals surface area contributed by atoms with Crippen LogP contribution >= 0.6 is 23.2 Å². The van der Waals surface area contributed by atoms with Gasteiger partial charge in [0.1, 0.15) is 16.6 Å². The first kappa shape index (κ1) is 19.1. The Morgan fingerprint density at radius 3 is 2.86 bits per heavy atom. The number of carbonyl (C=O) groups is 1. The van der Waals surface area contributed by atoms with E-state index in [1.165, 1.54) is 35.1 Å². The molecule has 0 aliphatic heterocycles. The van der Waals surface area contributed by atoms with Crippen LogP contribution in [0.25, 0.3) is 16.9 Å². The summed E-state index contributed by atoms with van der Waals surface area (Å²) in [6.07, 6.45) is 2.72. The number of anilines is 1. The number of hydrogen-bond acceptors (Lipinski definition) is 5. The Balaban J connectivity index is 1.69. The number of ether oxygens (including phenoxy) is 1. The molecule has 1 amide bonds. The predicted molar refractivity (Wildman–Crippen MR) is 102 cm³/mol. The van der Waals surface area contributed by atoms with Crippen LogP contribution in [0, 0.1) is 0 Å². The summed E-state index contributed by atoms with van der Waals surface area (Å²) >= 11 is 11.9. The van der Waals surface area contributed by atoms with Crippen molar-refractivity contribution in [2.24, 2.45) is 0 Å². The number of aromatic nitrogens is 5. The molecule has 148 valence electrons. The van der Waals surface area contributed by atoms with Crippen molar-refractivity contribution in [1.29, 1.82) is 0 Å². The third-order valence-corrected chi connectivity index (χ3v) is 4.30. The second-order valence-corrected chi connectivity index (χ2v) is 6.51. The van der Waals surface area contributed by atoms with Gasteiger partial charge in [-0.25, -0.2) is 9.50 Å². The third kappa shape index (κ3) is 3.84. The predicted octanol–water partition coefficient (Wildman–Crippen LogP) is 4.28. The minimum absolute atomic E-state index is 0.116. The van der Waals surface area contributed by atoms with Gasteiger partial charge in [0.15, 0.2) is 11.3 Å². The van der Waals surface area contributed by atoms with Crippen molar-refractivity contribution in [2.75, 3.05) is 5.32 Å². The zero-order chi connectivity index (χ0) is 20.5. The molecule has 8 nitrogen and oxygen atoms in total. The summed E-state index contributed by atoms with van der Waals surface area (Å²) in [5.74, 6) is -0.705. The fourth-order valence-corrected chi connectivity index (χ4v) is 2.98. The molecule has 0 aliphatic carbocycles. The lowest BCUT2D eigenvalue weighted by Gasteiger charge is -2.11. The number of amides is 1. The average Bonchev–Trinajstić information content (AvgIpc) is 3.29. The largest absolute Gasteiger partial charge is 0.434 e. The Morgan fingerprint density at radius 1 is 1.24 bits per heavy atom. The summed E-state index contributed by atoms with van der Waals surface area (Å²) in [6, 6.07) is 7.25. The highest BCUT2D eigenvalue weighted by atomic mass is 35.5. The van der Waals surface area contributed by atoms with Crippen LogP contribution in [0.2, 0.25) is 10.2 Å². The molecule has 0 saturated carbocycles. The van der Waals surface area contributed by atoms with E-state index in [4.69, 9.17) is 23.2 Å². The van der Waals surface area contributed by atoms with Crippen LogP contribution in [0.1, 0.15) is 10.5 Å². The second kappa shape index (κ2) is 7.64. The van der Waals surface area contributed by atoms with Gasteiger partial charge in [0, 0.05) is 16.8 Å². The van der Waals surface area contributed by atoms with Gasteiger partial charge in [0.05, 0.1) is 11.9 Å². The standard InChI is InChI=1S/C17H10Cl2F2N6O2/c18-8-1-2-12(29-17(20)21)9(5-8)15-10(6-23-25-15)24-16(28)11-7-22-14-4-3-13(19)26-27(11)14/h1-7,17H,(H,23,25)(H,24,28). The molecule has 0 radical (unpaired) electrons. The van der Waals surface area contributed by atoms with Gasteiger partial charge >= 0.3 is 6.61 Å². The molecule has 1 aromatic carbocycles. The molecule has 0 unspecified atom stereocenters. The minimum Gasteiger partial charge on any atom is -0.434 e. The lowest BCUT2D eigenvalue weighted by atomic mass is 10.1. The van der Waals surface area contributed by atoms with E-state index in [2.05, 4.69) is 30.3 Å². The zero-order valence-corrected chi connectivity index (χ0v) is 15.7. The molecule has 4 rings (SSSR count). The van der Waals surface area contributed by atoms with E-state index in [0.717, 1.165) is 0 Å². The van der Waals surface area contributed by atoms with Crippen molar-refractivity contribution in [1.82, 2.24) is 24.8 Å². The zero-order valence-electron chi connectivity index (χ0n) is 14.2. The summed E-state index contributed by atoms with van der Waals surface area (Å²) in [6.45, 7) is -3.04.